The highest BCUT2D eigenvalue weighted by molar-refractivity contribution is 6.00. The van der Waals surface area contributed by atoms with Crippen LogP contribution in [0, 0.1) is 0 Å². The molecule has 0 unspecified atom stereocenters. The SMILES string of the molecule is N/C(=N\OC(=O)c1cccc(NC(=O)C(F)(F)F)c1)c1nonc1N. The third-order valence-corrected chi connectivity index (χ3v) is 2.60. The van der Waals surface area contributed by atoms with Crippen LogP contribution in [-0.4, -0.2) is 34.2 Å². The minimum atomic E-state index is -5.07. The number of carbonyl (C=O) groups is 2. The molecule has 0 aliphatic carbocycles. The van der Waals surface area contributed by atoms with Crippen molar-refractivity contribution in [1.82, 2.24) is 10.3 Å². The molecule has 13 heteroatoms. The predicted octanol–water partition coefficient (Wildman–Crippen LogP) is 0.630. The monoisotopic (exact) mass is 358 g/mol. The molecule has 5 N–H and O–H groups in total. The number of carbonyl (C=O) groups excluding carboxylic acids is 2. The summed E-state index contributed by atoms with van der Waals surface area (Å²) >= 11 is 0. The average Bonchev–Trinajstić information content (AvgIpc) is 2.97. The Labute approximate surface area is 136 Å². The Morgan fingerprint density at radius 1 is 1.28 bits per heavy atom. The van der Waals surface area contributed by atoms with Crippen molar-refractivity contribution in [3.63, 3.8) is 0 Å². The van der Waals surface area contributed by atoms with Gasteiger partial charge >= 0.3 is 18.1 Å². The molecule has 132 valence electrons. The van der Waals surface area contributed by atoms with Crippen LogP contribution >= 0.6 is 0 Å². The van der Waals surface area contributed by atoms with E-state index in [0.717, 1.165) is 12.1 Å². The third-order valence-electron chi connectivity index (χ3n) is 2.60. The Hall–Kier alpha value is -3.64. The van der Waals surface area contributed by atoms with Gasteiger partial charge in [0, 0.05) is 5.69 Å². The van der Waals surface area contributed by atoms with Crippen LogP contribution in [0.1, 0.15) is 16.1 Å². The average molecular weight is 358 g/mol. The third kappa shape index (κ3) is 4.43. The number of halogens is 3. The van der Waals surface area contributed by atoms with Crippen LogP contribution in [0.15, 0.2) is 34.1 Å². The van der Waals surface area contributed by atoms with Crippen molar-refractivity contribution < 1.29 is 32.2 Å². The van der Waals surface area contributed by atoms with E-state index >= 15 is 0 Å². The second kappa shape index (κ2) is 6.86. The molecule has 10 nitrogen and oxygen atoms in total. The molecular formula is C12H9F3N6O4. The van der Waals surface area contributed by atoms with Gasteiger partial charge in [-0.15, -0.1) is 0 Å². The summed E-state index contributed by atoms with van der Waals surface area (Å²) in [5.41, 5.74) is 10.2. The number of anilines is 2. The fraction of sp³-hybridized carbons (Fsp3) is 0.0833. The van der Waals surface area contributed by atoms with Gasteiger partial charge in [-0.2, -0.15) is 13.2 Å². The van der Waals surface area contributed by atoms with E-state index in [0.29, 0.717) is 0 Å². The van der Waals surface area contributed by atoms with Crippen LogP contribution in [0.5, 0.6) is 0 Å². The number of nitrogens with zero attached hydrogens (tertiary/aromatic N) is 3. The number of hydrogen-bond acceptors (Lipinski definition) is 8. The first-order valence-corrected chi connectivity index (χ1v) is 6.30. The fourth-order valence-corrected chi connectivity index (χ4v) is 1.49. The lowest BCUT2D eigenvalue weighted by Gasteiger charge is -2.08. The van der Waals surface area contributed by atoms with E-state index in [9.17, 15) is 22.8 Å². The summed E-state index contributed by atoms with van der Waals surface area (Å²) in [6.07, 6.45) is -5.07. The van der Waals surface area contributed by atoms with E-state index in [1.165, 1.54) is 12.1 Å². The number of aromatic nitrogens is 2. The second-order valence-electron chi connectivity index (χ2n) is 4.39. The summed E-state index contributed by atoms with van der Waals surface area (Å²) in [6, 6.07) is 4.57. The maximum Gasteiger partial charge on any atom is 0.471 e. The van der Waals surface area contributed by atoms with E-state index < -0.39 is 23.9 Å². The van der Waals surface area contributed by atoms with Crippen LogP contribution < -0.4 is 16.8 Å². The smallest absolute Gasteiger partial charge is 0.379 e. The molecule has 0 saturated heterocycles. The molecule has 2 aromatic rings. The molecule has 1 heterocycles. The van der Waals surface area contributed by atoms with Gasteiger partial charge in [-0.25, -0.2) is 9.42 Å². The lowest BCUT2D eigenvalue weighted by Crippen LogP contribution is -2.29. The molecule has 0 saturated carbocycles. The largest absolute Gasteiger partial charge is 0.471 e. The first-order valence-electron chi connectivity index (χ1n) is 6.30. The second-order valence-corrected chi connectivity index (χ2v) is 4.39. The van der Waals surface area contributed by atoms with Gasteiger partial charge in [0.15, 0.2) is 17.3 Å². The van der Waals surface area contributed by atoms with Gasteiger partial charge in [-0.05, 0) is 28.5 Å². The van der Waals surface area contributed by atoms with Gasteiger partial charge in [-0.3, -0.25) is 4.79 Å². The van der Waals surface area contributed by atoms with Crippen molar-refractivity contribution in [1.29, 1.82) is 0 Å². The number of amidine groups is 1. The summed E-state index contributed by atoms with van der Waals surface area (Å²) in [5, 5.41) is 11.4. The molecule has 0 aliphatic heterocycles. The van der Waals surface area contributed by atoms with Gasteiger partial charge in [0.2, 0.25) is 0 Å². The molecule has 0 radical (unpaired) electrons. The van der Waals surface area contributed by atoms with Gasteiger partial charge in [0.25, 0.3) is 0 Å². The molecule has 0 bridgehead atoms. The summed E-state index contributed by atoms with van der Waals surface area (Å²) in [6.45, 7) is 0. The lowest BCUT2D eigenvalue weighted by molar-refractivity contribution is -0.167. The number of oxime groups is 1. The number of benzene rings is 1. The quantitative estimate of drug-likeness (QED) is 0.310. The standard InChI is InChI=1S/C12H9F3N6O4/c13-12(14,15)11(23)18-6-3-1-2-5(4-6)10(22)24-20-8(16)7-9(17)21-25-19-7/h1-4H,(H2,16,20)(H2,17,21)(H,18,23). The van der Waals surface area contributed by atoms with Crippen molar-refractivity contribution >= 4 is 29.2 Å². The summed E-state index contributed by atoms with van der Waals surface area (Å²) in [4.78, 5) is 27.2. The molecule has 25 heavy (non-hydrogen) atoms. The van der Waals surface area contributed by atoms with E-state index in [4.69, 9.17) is 11.5 Å². The first-order chi connectivity index (χ1) is 11.7. The van der Waals surface area contributed by atoms with Crippen LogP contribution in [0.4, 0.5) is 24.7 Å². The van der Waals surface area contributed by atoms with Crippen molar-refractivity contribution in [2.75, 3.05) is 11.1 Å². The van der Waals surface area contributed by atoms with Gasteiger partial charge in [0.1, 0.15) is 0 Å². The molecule has 0 aliphatic rings. The topological polar surface area (TPSA) is 159 Å². The molecule has 0 spiro atoms. The van der Waals surface area contributed by atoms with Gasteiger partial charge in [-0.1, -0.05) is 11.2 Å². The fourth-order valence-electron chi connectivity index (χ4n) is 1.49. The Bertz CT molecular complexity index is 832. The zero-order chi connectivity index (χ0) is 18.6. The Kier molecular flexibility index (Phi) is 4.86. The van der Waals surface area contributed by atoms with E-state index in [2.05, 4.69) is 24.9 Å². The molecule has 1 amide bonds. The molecular weight excluding hydrogens is 349 g/mol. The molecule has 1 aromatic heterocycles. The Morgan fingerprint density at radius 3 is 2.60 bits per heavy atom. The molecule has 0 atom stereocenters. The van der Waals surface area contributed by atoms with Crippen LogP contribution in [0.2, 0.25) is 0 Å². The van der Waals surface area contributed by atoms with E-state index in [-0.39, 0.29) is 22.8 Å². The number of nitrogens with one attached hydrogen (secondary N) is 1. The summed E-state index contributed by atoms with van der Waals surface area (Å²) < 4.78 is 40.9. The van der Waals surface area contributed by atoms with Gasteiger partial charge in [0.05, 0.1) is 5.56 Å². The van der Waals surface area contributed by atoms with Gasteiger partial charge < -0.3 is 21.6 Å². The number of alkyl halides is 3. The zero-order valence-electron chi connectivity index (χ0n) is 12.1. The number of nitrogen functional groups attached to an aromatic ring is 1. The van der Waals surface area contributed by atoms with Crippen LogP contribution in [0.3, 0.4) is 0 Å². The van der Waals surface area contributed by atoms with Crippen molar-refractivity contribution in [3.8, 4) is 0 Å². The molecule has 2 rings (SSSR count). The van der Waals surface area contributed by atoms with Crippen molar-refractivity contribution in [2.24, 2.45) is 10.9 Å². The Balaban J connectivity index is 2.09. The number of rotatable bonds is 4. The first kappa shape index (κ1) is 17.7. The Morgan fingerprint density at radius 2 is 2.00 bits per heavy atom. The normalized spacial score (nSPS) is 11.9. The highest BCUT2D eigenvalue weighted by atomic mass is 19.4. The summed E-state index contributed by atoms with van der Waals surface area (Å²) in [5.74, 6) is -3.84. The highest BCUT2D eigenvalue weighted by Crippen LogP contribution is 2.19. The number of hydrogen-bond donors (Lipinski definition) is 3. The van der Waals surface area contributed by atoms with Crippen LogP contribution in [-0.2, 0) is 9.63 Å². The predicted molar refractivity (Wildman–Crippen MR) is 76.0 cm³/mol. The van der Waals surface area contributed by atoms with Crippen LogP contribution in [0.25, 0.3) is 0 Å². The van der Waals surface area contributed by atoms with Crippen molar-refractivity contribution in [2.45, 2.75) is 6.18 Å². The minimum absolute atomic E-state index is 0.154. The number of amides is 1. The summed E-state index contributed by atoms with van der Waals surface area (Å²) in [7, 11) is 0. The molecule has 1 aromatic carbocycles. The zero-order valence-corrected chi connectivity index (χ0v) is 12.1. The number of nitrogens with two attached hydrogens (primary N) is 2. The maximum atomic E-state index is 12.2. The maximum absolute atomic E-state index is 12.2. The minimum Gasteiger partial charge on any atom is -0.379 e. The molecule has 0 fully saturated rings. The lowest BCUT2D eigenvalue weighted by atomic mass is 10.2. The van der Waals surface area contributed by atoms with E-state index in [1.807, 2.05) is 0 Å². The van der Waals surface area contributed by atoms with Crippen molar-refractivity contribution in [3.05, 3.63) is 35.5 Å². The highest BCUT2D eigenvalue weighted by Gasteiger charge is 2.38. The van der Waals surface area contributed by atoms with E-state index in [1.54, 1.807) is 5.32 Å².